The number of rotatable bonds is 6. The van der Waals surface area contributed by atoms with Gasteiger partial charge < -0.3 is 11.1 Å². The van der Waals surface area contributed by atoms with Gasteiger partial charge in [-0.15, -0.1) is 0 Å². The van der Waals surface area contributed by atoms with Crippen molar-refractivity contribution in [3.63, 3.8) is 0 Å². The van der Waals surface area contributed by atoms with E-state index in [1.807, 2.05) is 25.6 Å². The van der Waals surface area contributed by atoms with Crippen LogP contribution in [0.3, 0.4) is 0 Å². The van der Waals surface area contributed by atoms with E-state index in [1.165, 1.54) is 25.7 Å². The molecule has 0 aromatic heterocycles. The lowest BCUT2D eigenvalue weighted by Crippen LogP contribution is -2.49. The summed E-state index contributed by atoms with van der Waals surface area (Å²) >= 11 is 6.89. The number of nitrogens with one attached hydrogen (secondary N) is 1. The highest BCUT2D eigenvalue weighted by Crippen LogP contribution is 2.39. The first-order valence-electron chi connectivity index (χ1n) is 6.53. The van der Waals surface area contributed by atoms with E-state index in [0.29, 0.717) is 6.42 Å². The summed E-state index contributed by atoms with van der Waals surface area (Å²) in [5.41, 5.74) is 4.98. The highest BCUT2D eigenvalue weighted by molar-refractivity contribution is 8.00. The second-order valence-electron chi connectivity index (χ2n) is 5.33. The van der Waals surface area contributed by atoms with Crippen LogP contribution in [0, 0.1) is 5.41 Å². The molecule has 0 aromatic rings. The third-order valence-corrected chi connectivity index (χ3v) is 6.14. The van der Waals surface area contributed by atoms with Crippen molar-refractivity contribution in [2.24, 2.45) is 11.1 Å². The van der Waals surface area contributed by atoms with Gasteiger partial charge in [0.25, 0.3) is 0 Å². The maximum Gasteiger partial charge on any atom is 0.232 e. The molecular weight excluding hydrogens is 264 g/mol. The van der Waals surface area contributed by atoms with Crippen LogP contribution in [-0.4, -0.2) is 28.4 Å². The van der Waals surface area contributed by atoms with Gasteiger partial charge in [0.05, 0.1) is 10.4 Å². The number of carbonyl (C=O) groups is 1. The SMILES string of the molecule is CCC(C)(C(=O)NCC1(SC)CCCC1)C(N)=S. The Morgan fingerprint density at radius 2 is 2.06 bits per heavy atom. The number of nitrogens with two attached hydrogens (primary N) is 1. The molecular formula is C13H24N2OS2. The van der Waals surface area contributed by atoms with Crippen molar-refractivity contribution in [2.45, 2.75) is 50.7 Å². The van der Waals surface area contributed by atoms with Gasteiger partial charge in [0.1, 0.15) is 0 Å². The van der Waals surface area contributed by atoms with E-state index < -0.39 is 5.41 Å². The third-order valence-electron chi connectivity index (χ3n) is 4.27. The fourth-order valence-electron chi connectivity index (χ4n) is 2.36. The van der Waals surface area contributed by atoms with E-state index in [0.717, 1.165) is 6.54 Å². The van der Waals surface area contributed by atoms with Gasteiger partial charge in [-0.3, -0.25) is 4.79 Å². The average molecular weight is 288 g/mol. The molecule has 1 aliphatic rings. The molecule has 1 saturated carbocycles. The Kier molecular flexibility index (Phi) is 5.46. The number of hydrogen-bond acceptors (Lipinski definition) is 3. The number of thiocarbonyl (C=S) groups is 1. The zero-order valence-electron chi connectivity index (χ0n) is 11.5. The van der Waals surface area contributed by atoms with E-state index in [-0.39, 0.29) is 15.6 Å². The fourth-order valence-corrected chi connectivity index (χ4v) is 3.51. The summed E-state index contributed by atoms with van der Waals surface area (Å²) in [6.07, 6.45) is 7.66. The van der Waals surface area contributed by atoms with Crippen molar-refractivity contribution in [1.82, 2.24) is 5.32 Å². The lowest BCUT2D eigenvalue weighted by atomic mass is 9.86. The second-order valence-corrected chi connectivity index (χ2v) is 7.04. The standard InChI is InChI=1S/C13H24N2OS2/c1-4-12(2,10(14)17)11(16)15-9-13(18-3)7-5-6-8-13/h4-9H2,1-3H3,(H2,14,17)(H,15,16). The molecule has 5 heteroatoms. The van der Waals surface area contributed by atoms with Gasteiger partial charge in [-0.2, -0.15) is 11.8 Å². The van der Waals surface area contributed by atoms with Crippen LogP contribution < -0.4 is 11.1 Å². The van der Waals surface area contributed by atoms with Gasteiger partial charge >= 0.3 is 0 Å². The number of thioether (sulfide) groups is 1. The molecule has 0 heterocycles. The van der Waals surface area contributed by atoms with Gasteiger partial charge in [-0.05, 0) is 32.4 Å². The molecule has 0 bridgehead atoms. The van der Waals surface area contributed by atoms with Crippen LogP contribution in [0.4, 0.5) is 0 Å². The lowest BCUT2D eigenvalue weighted by molar-refractivity contribution is -0.127. The molecule has 1 atom stereocenters. The van der Waals surface area contributed by atoms with Crippen molar-refractivity contribution in [2.75, 3.05) is 12.8 Å². The molecule has 1 rings (SSSR count). The molecule has 104 valence electrons. The van der Waals surface area contributed by atoms with Gasteiger partial charge in [-0.1, -0.05) is 32.0 Å². The van der Waals surface area contributed by atoms with Crippen LogP contribution in [0.15, 0.2) is 0 Å². The summed E-state index contributed by atoms with van der Waals surface area (Å²) in [4.78, 5) is 12.5. The van der Waals surface area contributed by atoms with Crippen LogP contribution in [0.2, 0.25) is 0 Å². The van der Waals surface area contributed by atoms with Crippen molar-refractivity contribution in [3.05, 3.63) is 0 Å². The Hall–Kier alpha value is -0.290. The Labute approximate surface area is 120 Å². The molecule has 0 radical (unpaired) electrons. The summed E-state index contributed by atoms with van der Waals surface area (Å²) in [6.45, 7) is 4.49. The smallest absolute Gasteiger partial charge is 0.232 e. The van der Waals surface area contributed by atoms with Crippen LogP contribution in [0.5, 0.6) is 0 Å². The van der Waals surface area contributed by atoms with E-state index in [1.54, 1.807) is 0 Å². The minimum absolute atomic E-state index is 0.0298. The highest BCUT2D eigenvalue weighted by Gasteiger charge is 2.38. The topological polar surface area (TPSA) is 55.1 Å². The summed E-state index contributed by atoms with van der Waals surface area (Å²) in [5.74, 6) is -0.0298. The predicted octanol–water partition coefficient (Wildman–Crippen LogP) is 2.48. The minimum atomic E-state index is -0.715. The molecule has 1 amide bonds. The largest absolute Gasteiger partial charge is 0.392 e. The average Bonchev–Trinajstić information content (AvgIpc) is 2.84. The molecule has 1 aliphatic carbocycles. The predicted molar refractivity (Wildman–Crippen MR) is 82.9 cm³/mol. The van der Waals surface area contributed by atoms with Crippen LogP contribution in [0.1, 0.15) is 46.0 Å². The number of hydrogen-bond donors (Lipinski definition) is 2. The molecule has 0 spiro atoms. The van der Waals surface area contributed by atoms with E-state index in [9.17, 15) is 4.79 Å². The van der Waals surface area contributed by atoms with E-state index >= 15 is 0 Å². The van der Waals surface area contributed by atoms with Crippen LogP contribution >= 0.6 is 24.0 Å². The fraction of sp³-hybridized carbons (Fsp3) is 0.846. The Morgan fingerprint density at radius 1 is 1.50 bits per heavy atom. The van der Waals surface area contributed by atoms with Gasteiger partial charge in [0.15, 0.2) is 0 Å². The van der Waals surface area contributed by atoms with Crippen LogP contribution in [0.25, 0.3) is 0 Å². The molecule has 18 heavy (non-hydrogen) atoms. The van der Waals surface area contributed by atoms with Crippen molar-refractivity contribution < 1.29 is 4.79 Å². The summed E-state index contributed by atoms with van der Waals surface area (Å²) < 4.78 is 0.223. The molecule has 3 N–H and O–H groups in total. The lowest BCUT2D eigenvalue weighted by Gasteiger charge is -2.31. The third kappa shape index (κ3) is 3.18. The molecule has 0 saturated heterocycles. The molecule has 0 aliphatic heterocycles. The molecule has 1 fully saturated rings. The van der Waals surface area contributed by atoms with Gasteiger partial charge in [0, 0.05) is 11.3 Å². The summed E-state index contributed by atoms with van der Waals surface area (Å²) in [7, 11) is 0. The van der Waals surface area contributed by atoms with Crippen molar-refractivity contribution >= 4 is 34.9 Å². The Balaban J connectivity index is 2.62. The van der Waals surface area contributed by atoms with Gasteiger partial charge in [-0.25, -0.2) is 0 Å². The Morgan fingerprint density at radius 3 is 2.44 bits per heavy atom. The molecule has 3 nitrogen and oxygen atoms in total. The zero-order valence-corrected chi connectivity index (χ0v) is 13.2. The van der Waals surface area contributed by atoms with E-state index in [4.69, 9.17) is 18.0 Å². The second kappa shape index (κ2) is 6.24. The first-order chi connectivity index (χ1) is 8.40. The maximum atomic E-state index is 12.3. The quantitative estimate of drug-likeness (QED) is 0.737. The highest BCUT2D eigenvalue weighted by atomic mass is 32.2. The summed E-state index contributed by atoms with van der Waals surface area (Å²) in [5, 5.41) is 3.06. The first kappa shape index (κ1) is 15.8. The zero-order chi connectivity index (χ0) is 13.8. The number of carbonyl (C=O) groups excluding carboxylic acids is 1. The van der Waals surface area contributed by atoms with Crippen molar-refractivity contribution in [1.29, 1.82) is 0 Å². The number of amides is 1. The summed E-state index contributed by atoms with van der Waals surface area (Å²) in [6, 6.07) is 0. The molecule has 0 aromatic carbocycles. The Bertz CT molecular complexity index is 327. The molecule has 1 unspecified atom stereocenters. The monoisotopic (exact) mass is 288 g/mol. The minimum Gasteiger partial charge on any atom is -0.392 e. The first-order valence-corrected chi connectivity index (χ1v) is 8.17. The van der Waals surface area contributed by atoms with Gasteiger partial charge in [0.2, 0.25) is 5.91 Å². The van der Waals surface area contributed by atoms with Crippen molar-refractivity contribution in [3.8, 4) is 0 Å². The maximum absolute atomic E-state index is 12.3. The normalized spacial score (nSPS) is 21.3. The van der Waals surface area contributed by atoms with E-state index in [2.05, 4.69) is 11.6 Å². The van der Waals surface area contributed by atoms with Crippen LogP contribution in [-0.2, 0) is 4.79 Å².